The fourth-order valence-electron chi connectivity index (χ4n) is 2.54. The van der Waals surface area contributed by atoms with Crippen molar-refractivity contribution in [3.63, 3.8) is 0 Å². The van der Waals surface area contributed by atoms with E-state index in [4.69, 9.17) is 21.1 Å². The van der Waals surface area contributed by atoms with Gasteiger partial charge in [0.25, 0.3) is 0 Å². The van der Waals surface area contributed by atoms with Crippen LogP contribution in [0.1, 0.15) is 0 Å². The Morgan fingerprint density at radius 3 is 2.36 bits per heavy atom. The quantitative estimate of drug-likeness (QED) is 0.284. The lowest BCUT2D eigenvalue weighted by Crippen LogP contribution is -2.00. The molecule has 0 unspecified atom stereocenters. The average Bonchev–Trinajstić information content (AvgIpc) is 2.55. The van der Waals surface area contributed by atoms with E-state index in [0.29, 0.717) is 26.8 Å². The second kappa shape index (κ2) is 4.93. The van der Waals surface area contributed by atoms with E-state index in [0.717, 1.165) is 10.9 Å². The second-order valence-electron chi connectivity index (χ2n) is 4.94. The van der Waals surface area contributed by atoms with Gasteiger partial charge in [-0.1, -0.05) is 42.5 Å². The lowest BCUT2D eigenvalue weighted by molar-refractivity contribution is 0.554. The third-order valence-corrected chi connectivity index (χ3v) is 3.89. The van der Waals surface area contributed by atoms with Gasteiger partial charge in [0.05, 0.1) is 5.39 Å². The molecule has 0 fully saturated rings. The molecule has 2 aromatic heterocycles. The number of hydrogen-bond acceptors (Lipinski definition) is 4. The number of hydrogen-bond donors (Lipinski definition) is 0. The van der Waals surface area contributed by atoms with Gasteiger partial charge in [0.2, 0.25) is 0 Å². The first-order valence-electron chi connectivity index (χ1n) is 6.79. The van der Waals surface area contributed by atoms with Crippen LogP contribution in [-0.4, -0.2) is 0 Å². The van der Waals surface area contributed by atoms with Gasteiger partial charge in [-0.2, -0.15) is 0 Å². The first-order valence-corrected chi connectivity index (χ1v) is 7.20. The van der Waals surface area contributed by atoms with Gasteiger partial charge in [-0.25, -0.2) is 4.79 Å². The zero-order valence-corrected chi connectivity index (χ0v) is 12.2. The zero-order chi connectivity index (χ0) is 15.1. The maximum atomic E-state index is 12.2. The van der Waals surface area contributed by atoms with Crippen molar-refractivity contribution in [1.29, 1.82) is 0 Å². The average molecular weight is 306 g/mol. The normalized spacial score (nSPS) is 11.1. The van der Waals surface area contributed by atoms with Crippen LogP contribution in [0, 0.1) is 4.71 Å². The molecule has 0 atom stereocenters. The molecule has 0 bridgehead atoms. The summed E-state index contributed by atoms with van der Waals surface area (Å²) in [4.78, 5) is 12.2. The van der Waals surface area contributed by atoms with E-state index in [9.17, 15) is 4.79 Å². The molecule has 0 aliphatic carbocycles. The maximum absolute atomic E-state index is 12.2. The maximum Gasteiger partial charge on any atom is 0.347 e. The van der Waals surface area contributed by atoms with Gasteiger partial charge >= 0.3 is 5.63 Å². The summed E-state index contributed by atoms with van der Waals surface area (Å²) in [7, 11) is 0. The Balaban J connectivity index is 2.15. The van der Waals surface area contributed by atoms with Crippen LogP contribution in [0.5, 0.6) is 0 Å². The van der Waals surface area contributed by atoms with Gasteiger partial charge < -0.3 is 8.83 Å². The molecule has 106 valence electrons. The predicted molar refractivity (Wildman–Crippen MR) is 88.5 cm³/mol. The van der Waals surface area contributed by atoms with E-state index in [-0.39, 0.29) is 0 Å². The summed E-state index contributed by atoms with van der Waals surface area (Å²) in [6.45, 7) is 0. The molecule has 3 nitrogen and oxygen atoms in total. The van der Waals surface area contributed by atoms with Crippen LogP contribution in [0.2, 0.25) is 0 Å². The van der Waals surface area contributed by atoms with Crippen molar-refractivity contribution in [2.45, 2.75) is 0 Å². The fraction of sp³-hybridized carbons (Fsp3) is 0. The van der Waals surface area contributed by atoms with E-state index in [1.807, 2.05) is 48.5 Å². The summed E-state index contributed by atoms with van der Waals surface area (Å²) in [5, 5.41) is 1.13. The van der Waals surface area contributed by atoms with E-state index < -0.39 is 5.63 Å². The molecule has 22 heavy (non-hydrogen) atoms. The number of rotatable bonds is 1. The minimum Gasteiger partial charge on any atom is -0.444 e. The standard InChI is InChI=1S/C18H10O3S/c19-17-14-10-13(11-6-2-1-3-7-11)18(22)21-16(14)12-8-4-5-9-15(12)20-17/h1-10H. The molecule has 0 amide bonds. The first kappa shape index (κ1) is 13.0. The minimum absolute atomic E-state index is 0.356. The van der Waals surface area contributed by atoms with Crippen molar-refractivity contribution >= 4 is 34.2 Å². The van der Waals surface area contributed by atoms with E-state index in [1.165, 1.54) is 0 Å². The number of para-hydroxylation sites is 1. The van der Waals surface area contributed by atoms with Crippen LogP contribution in [0.15, 0.2) is 74.3 Å². The van der Waals surface area contributed by atoms with Crippen molar-refractivity contribution in [1.82, 2.24) is 0 Å². The van der Waals surface area contributed by atoms with Gasteiger partial charge in [0.1, 0.15) is 11.0 Å². The van der Waals surface area contributed by atoms with E-state index in [1.54, 1.807) is 12.1 Å². The minimum atomic E-state index is -0.426. The Morgan fingerprint density at radius 2 is 1.55 bits per heavy atom. The SMILES string of the molecule is O=c1oc2ccccc2c2oc(=S)c(-c3ccccc3)cc12. The Hall–Kier alpha value is -2.72. The third kappa shape index (κ3) is 1.96. The van der Waals surface area contributed by atoms with Crippen molar-refractivity contribution in [2.24, 2.45) is 0 Å². The van der Waals surface area contributed by atoms with Gasteiger partial charge in [0.15, 0.2) is 10.3 Å². The summed E-state index contributed by atoms with van der Waals surface area (Å²) < 4.78 is 11.5. The molecule has 4 rings (SSSR count). The highest BCUT2D eigenvalue weighted by atomic mass is 32.1. The molecule has 0 radical (unpaired) electrons. The molecule has 0 saturated heterocycles. The molecular formula is C18H10O3S. The number of benzene rings is 2. The monoisotopic (exact) mass is 306 g/mol. The van der Waals surface area contributed by atoms with Crippen LogP contribution in [0.3, 0.4) is 0 Å². The summed E-state index contributed by atoms with van der Waals surface area (Å²) in [5.41, 5.74) is 2.16. The van der Waals surface area contributed by atoms with Gasteiger partial charge in [-0.3, -0.25) is 0 Å². The van der Waals surface area contributed by atoms with Crippen LogP contribution in [-0.2, 0) is 0 Å². The molecule has 2 aromatic carbocycles. The Bertz CT molecular complexity index is 1110. The van der Waals surface area contributed by atoms with Crippen LogP contribution < -0.4 is 5.63 Å². The van der Waals surface area contributed by atoms with Crippen LogP contribution in [0.4, 0.5) is 0 Å². The molecule has 4 heteroatoms. The fourth-order valence-corrected chi connectivity index (χ4v) is 2.80. The molecule has 0 aliphatic rings. The largest absolute Gasteiger partial charge is 0.444 e. The van der Waals surface area contributed by atoms with E-state index >= 15 is 0 Å². The molecule has 0 N–H and O–H groups in total. The Kier molecular flexibility index (Phi) is 2.91. The third-order valence-electron chi connectivity index (χ3n) is 3.59. The molecule has 0 spiro atoms. The van der Waals surface area contributed by atoms with Crippen LogP contribution >= 0.6 is 12.2 Å². The van der Waals surface area contributed by atoms with E-state index in [2.05, 4.69) is 0 Å². The molecule has 4 aromatic rings. The van der Waals surface area contributed by atoms with Crippen molar-refractivity contribution < 1.29 is 8.83 Å². The molecular weight excluding hydrogens is 296 g/mol. The number of fused-ring (bicyclic) bond motifs is 3. The lowest BCUT2D eigenvalue weighted by atomic mass is 10.1. The van der Waals surface area contributed by atoms with Gasteiger partial charge in [-0.05, 0) is 36.0 Å². The smallest absolute Gasteiger partial charge is 0.347 e. The predicted octanol–water partition coefficient (Wildman–Crippen LogP) is 4.94. The highest BCUT2D eigenvalue weighted by Gasteiger charge is 2.12. The zero-order valence-electron chi connectivity index (χ0n) is 11.4. The molecule has 2 heterocycles. The topological polar surface area (TPSA) is 43.4 Å². The Labute approximate surface area is 130 Å². The first-order chi connectivity index (χ1) is 10.7. The van der Waals surface area contributed by atoms with Crippen LogP contribution in [0.25, 0.3) is 33.1 Å². The summed E-state index contributed by atoms with van der Waals surface area (Å²) in [5.74, 6) is 0. The Morgan fingerprint density at radius 1 is 0.818 bits per heavy atom. The van der Waals surface area contributed by atoms with Crippen molar-refractivity contribution in [3.05, 3.63) is 75.8 Å². The summed E-state index contributed by atoms with van der Waals surface area (Å²) >= 11 is 5.37. The summed E-state index contributed by atoms with van der Waals surface area (Å²) in [6.07, 6.45) is 0. The highest BCUT2D eigenvalue weighted by Crippen LogP contribution is 2.28. The van der Waals surface area contributed by atoms with Crippen molar-refractivity contribution in [2.75, 3.05) is 0 Å². The molecule has 0 aliphatic heterocycles. The summed E-state index contributed by atoms with van der Waals surface area (Å²) in [6, 6.07) is 18.6. The second-order valence-corrected chi connectivity index (χ2v) is 5.31. The van der Waals surface area contributed by atoms with Crippen molar-refractivity contribution in [3.8, 4) is 11.1 Å². The van der Waals surface area contributed by atoms with Gasteiger partial charge in [0, 0.05) is 5.56 Å². The molecule has 0 saturated carbocycles. The highest BCUT2D eigenvalue weighted by molar-refractivity contribution is 7.71. The lowest BCUT2D eigenvalue weighted by Gasteiger charge is -2.05. The van der Waals surface area contributed by atoms with Gasteiger partial charge in [-0.15, -0.1) is 0 Å².